The number of carbonyl (C=O) groups is 1. The molecule has 0 bridgehead atoms. The molecule has 1 aliphatic rings. The molecule has 2 aromatic rings. The molecular weight excluding hydrogens is 384 g/mol. The fourth-order valence-corrected chi connectivity index (χ4v) is 5.53. The maximum absolute atomic E-state index is 12.9. The highest BCUT2D eigenvalue weighted by Gasteiger charge is 2.27. The van der Waals surface area contributed by atoms with Gasteiger partial charge in [0.1, 0.15) is 10.6 Å². The summed E-state index contributed by atoms with van der Waals surface area (Å²) in [5.74, 6) is 0.00123. The third-order valence-corrected chi connectivity index (χ3v) is 7.10. The second-order valence-electron chi connectivity index (χ2n) is 6.71. The van der Waals surface area contributed by atoms with Crippen LogP contribution in [-0.2, 0) is 16.6 Å². The van der Waals surface area contributed by atoms with Crippen LogP contribution in [0.5, 0.6) is 5.75 Å². The van der Waals surface area contributed by atoms with Crippen LogP contribution in [0.15, 0.2) is 40.6 Å². The highest BCUT2D eigenvalue weighted by atomic mass is 32.2. The highest BCUT2D eigenvalue weighted by molar-refractivity contribution is 7.89. The Kier molecular flexibility index (Phi) is 6.18. The first-order valence-electron chi connectivity index (χ1n) is 8.89. The third-order valence-electron chi connectivity index (χ3n) is 4.70. The number of amides is 1. The van der Waals surface area contributed by atoms with Gasteiger partial charge in [-0.15, -0.1) is 11.3 Å². The minimum Gasteiger partial charge on any atom is -0.495 e. The Bertz CT molecular complexity index is 888. The fraction of sp³-hybridized carbons (Fsp3) is 0.421. The smallest absolute Gasteiger partial charge is 0.253 e. The number of benzene rings is 1. The van der Waals surface area contributed by atoms with Gasteiger partial charge < -0.3 is 9.64 Å². The monoisotopic (exact) mass is 408 g/mol. The number of sulfonamides is 1. The lowest BCUT2D eigenvalue weighted by molar-refractivity contribution is 0.0786. The van der Waals surface area contributed by atoms with E-state index in [2.05, 4.69) is 4.72 Å². The van der Waals surface area contributed by atoms with Crippen LogP contribution in [0.25, 0.3) is 0 Å². The Morgan fingerprint density at radius 2 is 2.04 bits per heavy atom. The molecule has 0 aliphatic heterocycles. The summed E-state index contributed by atoms with van der Waals surface area (Å²) in [6, 6.07) is 8.38. The van der Waals surface area contributed by atoms with E-state index in [0.29, 0.717) is 12.1 Å². The molecule has 1 aromatic heterocycles. The predicted molar refractivity (Wildman–Crippen MR) is 106 cm³/mol. The van der Waals surface area contributed by atoms with E-state index in [9.17, 15) is 13.2 Å². The van der Waals surface area contributed by atoms with Gasteiger partial charge in [0.15, 0.2) is 0 Å². The van der Waals surface area contributed by atoms with Gasteiger partial charge in [-0.2, -0.15) is 0 Å². The van der Waals surface area contributed by atoms with Crippen molar-refractivity contribution in [3.05, 3.63) is 46.2 Å². The molecule has 1 saturated carbocycles. The van der Waals surface area contributed by atoms with E-state index in [0.717, 1.165) is 30.6 Å². The van der Waals surface area contributed by atoms with Crippen LogP contribution in [0.4, 0.5) is 0 Å². The molecule has 1 N–H and O–H groups in total. The molecule has 0 radical (unpaired) electrons. The lowest BCUT2D eigenvalue weighted by Gasteiger charge is -2.19. The van der Waals surface area contributed by atoms with Gasteiger partial charge in [0.25, 0.3) is 5.91 Å². The van der Waals surface area contributed by atoms with Crippen LogP contribution in [-0.4, -0.2) is 39.4 Å². The zero-order valence-corrected chi connectivity index (χ0v) is 17.1. The minimum atomic E-state index is -3.76. The first kappa shape index (κ1) is 19.9. The van der Waals surface area contributed by atoms with Crippen molar-refractivity contribution in [1.82, 2.24) is 9.62 Å². The topological polar surface area (TPSA) is 75.7 Å². The Morgan fingerprint density at radius 3 is 2.67 bits per heavy atom. The van der Waals surface area contributed by atoms with E-state index in [4.69, 9.17) is 4.74 Å². The SMILES string of the molecule is COc1ccc(C(=O)N(C)Cc2cccs2)cc1S(=O)(=O)NC1CCCC1. The highest BCUT2D eigenvalue weighted by Crippen LogP contribution is 2.28. The number of methoxy groups -OCH3 is 1. The Balaban J connectivity index is 1.85. The lowest BCUT2D eigenvalue weighted by Crippen LogP contribution is -2.33. The van der Waals surface area contributed by atoms with Crippen molar-refractivity contribution in [2.45, 2.75) is 43.2 Å². The zero-order valence-electron chi connectivity index (χ0n) is 15.5. The first-order valence-corrected chi connectivity index (χ1v) is 11.2. The van der Waals surface area contributed by atoms with E-state index in [1.54, 1.807) is 29.4 Å². The van der Waals surface area contributed by atoms with Gasteiger partial charge in [0.05, 0.1) is 13.7 Å². The maximum atomic E-state index is 12.9. The molecule has 1 aliphatic carbocycles. The average molecular weight is 409 g/mol. The molecule has 1 aromatic carbocycles. The molecular formula is C19H24N2O4S2. The summed E-state index contributed by atoms with van der Waals surface area (Å²) < 4.78 is 33.7. The van der Waals surface area contributed by atoms with Crippen molar-refractivity contribution in [3.63, 3.8) is 0 Å². The van der Waals surface area contributed by atoms with Crippen molar-refractivity contribution in [1.29, 1.82) is 0 Å². The van der Waals surface area contributed by atoms with Crippen LogP contribution in [0, 0.1) is 0 Å². The summed E-state index contributed by atoms with van der Waals surface area (Å²) in [6.07, 6.45) is 3.72. The Labute approximate surface area is 164 Å². The molecule has 0 unspecified atom stereocenters. The van der Waals surface area contributed by atoms with Crippen molar-refractivity contribution in [3.8, 4) is 5.75 Å². The number of rotatable bonds is 7. The second-order valence-corrected chi connectivity index (χ2v) is 9.42. The molecule has 1 amide bonds. The van der Waals surface area contributed by atoms with Crippen LogP contribution >= 0.6 is 11.3 Å². The molecule has 1 fully saturated rings. The average Bonchev–Trinajstić information content (AvgIpc) is 3.34. The molecule has 27 heavy (non-hydrogen) atoms. The summed E-state index contributed by atoms with van der Waals surface area (Å²) in [5.41, 5.74) is 0.321. The number of hydrogen-bond donors (Lipinski definition) is 1. The van der Waals surface area contributed by atoms with Gasteiger partial charge in [-0.3, -0.25) is 4.79 Å². The number of nitrogens with zero attached hydrogens (tertiary/aromatic N) is 1. The Hall–Kier alpha value is -1.90. The van der Waals surface area contributed by atoms with E-state index in [1.807, 2.05) is 17.5 Å². The molecule has 3 rings (SSSR count). The summed E-state index contributed by atoms with van der Waals surface area (Å²) >= 11 is 1.58. The number of ether oxygens (including phenoxy) is 1. The van der Waals surface area contributed by atoms with Crippen LogP contribution in [0.2, 0.25) is 0 Å². The number of nitrogens with one attached hydrogen (secondary N) is 1. The summed E-state index contributed by atoms with van der Waals surface area (Å²) in [7, 11) is -0.631. The number of hydrogen-bond acceptors (Lipinski definition) is 5. The van der Waals surface area contributed by atoms with E-state index in [-0.39, 0.29) is 22.6 Å². The molecule has 0 spiro atoms. The van der Waals surface area contributed by atoms with Crippen molar-refractivity contribution in [2.24, 2.45) is 0 Å². The minimum absolute atomic E-state index is 0.00673. The summed E-state index contributed by atoms with van der Waals surface area (Å²) in [5, 5.41) is 1.96. The summed E-state index contributed by atoms with van der Waals surface area (Å²) in [6.45, 7) is 0.477. The van der Waals surface area contributed by atoms with Crippen LogP contribution in [0.3, 0.4) is 0 Å². The first-order chi connectivity index (χ1) is 12.9. The van der Waals surface area contributed by atoms with Gasteiger partial charge >= 0.3 is 0 Å². The number of carbonyl (C=O) groups excluding carboxylic acids is 1. The quantitative estimate of drug-likeness (QED) is 0.763. The predicted octanol–water partition coefficient (Wildman–Crippen LogP) is 3.25. The third kappa shape index (κ3) is 4.69. The molecule has 0 saturated heterocycles. The van der Waals surface area contributed by atoms with Gasteiger partial charge in [-0.05, 0) is 42.5 Å². The molecule has 146 valence electrons. The Morgan fingerprint density at radius 1 is 1.30 bits per heavy atom. The van der Waals surface area contributed by atoms with E-state index < -0.39 is 10.0 Å². The maximum Gasteiger partial charge on any atom is 0.253 e. The van der Waals surface area contributed by atoms with E-state index in [1.165, 1.54) is 19.2 Å². The van der Waals surface area contributed by atoms with Crippen molar-refractivity contribution >= 4 is 27.3 Å². The van der Waals surface area contributed by atoms with Gasteiger partial charge in [0.2, 0.25) is 10.0 Å². The van der Waals surface area contributed by atoms with Gasteiger partial charge in [0, 0.05) is 23.5 Å². The standard InChI is InChI=1S/C19H24N2O4S2/c1-21(13-16-8-5-11-26-16)19(22)14-9-10-17(25-2)18(12-14)27(23,24)20-15-6-3-4-7-15/h5,8-12,15,20H,3-4,6-7,13H2,1-2H3. The normalized spacial score (nSPS) is 15.0. The van der Waals surface area contributed by atoms with Crippen LogP contribution < -0.4 is 9.46 Å². The van der Waals surface area contributed by atoms with E-state index >= 15 is 0 Å². The van der Waals surface area contributed by atoms with Crippen molar-refractivity contribution < 1.29 is 17.9 Å². The molecule has 1 heterocycles. The second kappa shape index (κ2) is 8.41. The molecule has 6 nitrogen and oxygen atoms in total. The molecule has 8 heteroatoms. The van der Waals surface area contributed by atoms with Gasteiger partial charge in [-0.1, -0.05) is 18.9 Å². The van der Waals surface area contributed by atoms with Crippen molar-refractivity contribution in [2.75, 3.05) is 14.2 Å². The lowest BCUT2D eigenvalue weighted by atomic mass is 10.2. The molecule has 0 atom stereocenters. The zero-order chi connectivity index (χ0) is 19.4. The fourth-order valence-electron chi connectivity index (χ4n) is 3.27. The summed E-state index contributed by atoms with van der Waals surface area (Å²) in [4.78, 5) is 15.4. The number of thiophene rings is 1. The largest absolute Gasteiger partial charge is 0.495 e. The van der Waals surface area contributed by atoms with Gasteiger partial charge in [-0.25, -0.2) is 13.1 Å². The van der Waals surface area contributed by atoms with Crippen LogP contribution in [0.1, 0.15) is 40.9 Å².